The lowest BCUT2D eigenvalue weighted by Crippen LogP contribution is -2.25. The van der Waals surface area contributed by atoms with E-state index in [9.17, 15) is 4.79 Å². The zero-order valence-electron chi connectivity index (χ0n) is 7.90. The normalized spacial score (nSPS) is 13.5. The van der Waals surface area contributed by atoms with Gasteiger partial charge in [-0.15, -0.1) is 0 Å². The maximum Gasteiger partial charge on any atom is 0.343 e. The Balaban J connectivity index is 2.78. The van der Waals surface area contributed by atoms with E-state index in [0.717, 1.165) is 6.42 Å². The summed E-state index contributed by atoms with van der Waals surface area (Å²) in [6.45, 7) is 4.07. The van der Waals surface area contributed by atoms with Gasteiger partial charge in [0.05, 0.1) is 12.6 Å². The summed E-state index contributed by atoms with van der Waals surface area (Å²) in [6.07, 6.45) is 2.20. The van der Waals surface area contributed by atoms with Gasteiger partial charge in [-0.25, -0.2) is 9.89 Å². The van der Waals surface area contributed by atoms with Crippen molar-refractivity contribution in [1.29, 1.82) is 0 Å². The summed E-state index contributed by atoms with van der Waals surface area (Å²) < 4.78 is 1.43. The molecule has 0 bridgehead atoms. The Morgan fingerprint density at radius 2 is 2.38 bits per heavy atom. The minimum Gasteiger partial charge on any atom is -0.394 e. The van der Waals surface area contributed by atoms with Gasteiger partial charge in [-0.2, -0.15) is 5.10 Å². The molecule has 0 aromatic carbocycles. The number of H-pyrrole nitrogens is 1. The summed E-state index contributed by atoms with van der Waals surface area (Å²) in [5.74, 6) is 0.443. The Labute approximate surface area is 76.4 Å². The van der Waals surface area contributed by atoms with Crippen LogP contribution in [0.1, 0.15) is 26.3 Å². The number of aromatic amines is 1. The number of hydrogen-bond acceptors (Lipinski definition) is 3. The Hall–Kier alpha value is -1.10. The van der Waals surface area contributed by atoms with Gasteiger partial charge in [0.15, 0.2) is 0 Å². The van der Waals surface area contributed by atoms with E-state index in [1.165, 1.54) is 10.9 Å². The molecular weight excluding hydrogens is 170 g/mol. The van der Waals surface area contributed by atoms with Crippen LogP contribution in [0.25, 0.3) is 0 Å². The summed E-state index contributed by atoms with van der Waals surface area (Å²) in [5, 5.41) is 15.0. The van der Waals surface area contributed by atoms with Crippen LogP contribution in [-0.4, -0.2) is 26.5 Å². The molecule has 1 atom stereocenters. The first-order valence-electron chi connectivity index (χ1n) is 4.37. The first-order valence-corrected chi connectivity index (χ1v) is 4.37. The SMILES string of the molecule is CC(C)CC(CO)n1cn[nH]c1=O. The number of aliphatic hydroxyl groups excluding tert-OH is 1. The average molecular weight is 185 g/mol. The van der Waals surface area contributed by atoms with Crippen LogP contribution < -0.4 is 5.69 Å². The van der Waals surface area contributed by atoms with Crippen molar-refractivity contribution in [3.05, 3.63) is 16.8 Å². The topological polar surface area (TPSA) is 70.9 Å². The first-order chi connectivity index (χ1) is 6.15. The van der Waals surface area contributed by atoms with Crippen LogP contribution in [0.4, 0.5) is 0 Å². The number of nitrogens with one attached hydrogen (secondary N) is 1. The molecule has 0 amide bonds. The minimum atomic E-state index is -0.264. The number of nitrogens with zero attached hydrogens (tertiary/aromatic N) is 2. The summed E-state index contributed by atoms with van der Waals surface area (Å²) in [5.41, 5.74) is -0.264. The van der Waals surface area contributed by atoms with E-state index in [0.29, 0.717) is 5.92 Å². The number of hydrogen-bond donors (Lipinski definition) is 2. The molecule has 0 radical (unpaired) electrons. The van der Waals surface area contributed by atoms with Crippen LogP contribution in [-0.2, 0) is 0 Å². The monoisotopic (exact) mass is 185 g/mol. The highest BCUT2D eigenvalue weighted by Crippen LogP contribution is 2.14. The quantitative estimate of drug-likeness (QED) is 0.701. The Morgan fingerprint density at radius 3 is 2.77 bits per heavy atom. The highest BCUT2D eigenvalue weighted by Gasteiger charge is 2.13. The van der Waals surface area contributed by atoms with Crippen LogP contribution in [0.5, 0.6) is 0 Å². The fourth-order valence-corrected chi connectivity index (χ4v) is 1.34. The molecule has 2 N–H and O–H groups in total. The Morgan fingerprint density at radius 1 is 1.69 bits per heavy atom. The Kier molecular flexibility index (Phi) is 3.25. The second-order valence-corrected chi connectivity index (χ2v) is 3.53. The third-order valence-electron chi connectivity index (χ3n) is 1.92. The van der Waals surface area contributed by atoms with Gasteiger partial charge in [0.25, 0.3) is 0 Å². The summed E-state index contributed by atoms with van der Waals surface area (Å²) in [4.78, 5) is 11.1. The molecular formula is C8H15N3O2. The lowest BCUT2D eigenvalue weighted by molar-refractivity contribution is 0.205. The lowest BCUT2D eigenvalue weighted by atomic mass is 10.0. The molecule has 1 rings (SSSR count). The molecule has 1 aromatic heterocycles. The highest BCUT2D eigenvalue weighted by atomic mass is 16.3. The van der Waals surface area contributed by atoms with E-state index in [2.05, 4.69) is 10.2 Å². The van der Waals surface area contributed by atoms with E-state index in [-0.39, 0.29) is 18.3 Å². The second-order valence-electron chi connectivity index (χ2n) is 3.53. The zero-order chi connectivity index (χ0) is 9.84. The van der Waals surface area contributed by atoms with Gasteiger partial charge in [0.2, 0.25) is 0 Å². The molecule has 0 aliphatic heterocycles. The van der Waals surface area contributed by atoms with Crippen molar-refractivity contribution < 1.29 is 5.11 Å². The lowest BCUT2D eigenvalue weighted by Gasteiger charge is -2.15. The molecule has 1 unspecified atom stereocenters. The van der Waals surface area contributed by atoms with Crippen molar-refractivity contribution in [2.45, 2.75) is 26.3 Å². The molecule has 0 fully saturated rings. The molecule has 74 valence electrons. The molecule has 0 saturated carbocycles. The third kappa shape index (κ3) is 2.42. The number of aliphatic hydroxyl groups is 1. The van der Waals surface area contributed by atoms with E-state index in [4.69, 9.17) is 5.11 Å². The first kappa shape index (κ1) is 9.98. The maximum absolute atomic E-state index is 11.1. The van der Waals surface area contributed by atoms with Crippen LogP contribution in [0.3, 0.4) is 0 Å². The van der Waals surface area contributed by atoms with Gasteiger partial charge in [-0.3, -0.25) is 4.57 Å². The third-order valence-corrected chi connectivity index (χ3v) is 1.92. The molecule has 0 saturated heterocycles. The molecule has 1 aromatic rings. The largest absolute Gasteiger partial charge is 0.394 e. The van der Waals surface area contributed by atoms with Crippen LogP contribution in [0.15, 0.2) is 11.1 Å². The summed E-state index contributed by atoms with van der Waals surface area (Å²) in [7, 11) is 0. The van der Waals surface area contributed by atoms with E-state index >= 15 is 0 Å². The minimum absolute atomic E-state index is 0.0301. The van der Waals surface area contributed by atoms with Gasteiger partial charge < -0.3 is 5.11 Å². The van der Waals surface area contributed by atoms with Gasteiger partial charge >= 0.3 is 5.69 Å². The second kappa shape index (κ2) is 4.23. The van der Waals surface area contributed by atoms with E-state index in [1.54, 1.807) is 0 Å². The van der Waals surface area contributed by atoms with Crippen LogP contribution in [0.2, 0.25) is 0 Å². The zero-order valence-corrected chi connectivity index (χ0v) is 7.90. The average Bonchev–Trinajstić information content (AvgIpc) is 2.47. The van der Waals surface area contributed by atoms with E-state index < -0.39 is 0 Å². The van der Waals surface area contributed by atoms with Gasteiger partial charge in [0, 0.05) is 0 Å². The van der Waals surface area contributed by atoms with Crippen LogP contribution >= 0.6 is 0 Å². The van der Waals surface area contributed by atoms with Crippen molar-refractivity contribution in [3.8, 4) is 0 Å². The fourth-order valence-electron chi connectivity index (χ4n) is 1.34. The van der Waals surface area contributed by atoms with Crippen molar-refractivity contribution >= 4 is 0 Å². The predicted molar refractivity (Wildman–Crippen MR) is 48.4 cm³/mol. The molecule has 1 heterocycles. The van der Waals surface area contributed by atoms with Crippen molar-refractivity contribution in [2.24, 2.45) is 5.92 Å². The summed E-state index contributed by atoms with van der Waals surface area (Å²) >= 11 is 0. The molecule has 0 aliphatic rings. The van der Waals surface area contributed by atoms with Crippen molar-refractivity contribution in [1.82, 2.24) is 14.8 Å². The number of aromatic nitrogens is 3. The van der Waals surface area contributed by atoms with Crippen LogP contribution in [0, 0.1) is 5.92 Å². The maximum atomic E-state index is 11.1. The van der Waals surface area contributed by atoms with Crippen molar-refractivity contribution in [3.63, 3.8) is 0 Å². The standard InChI is InChI=1S/C8H15N3O2/c1-6(2)3-7(4-12)11-5-9-10-8(11)13/h5-7,12H,3-4H2,1-2H3,(H,10,13). The highest BCUT2D eigenvalue weighted by molar-refractivity contribution is 4.74. The summed E-state index contributed by atoms with van der Waals surface area (Å²) in [6, 6.07) is -0.161. The van der Waals surface area contributed by atoms with Gasteiger partial charge in [-0.1, -0.05) is 13.8 Å². The Bertz CT molecular complexity index is 302. The van der Waals surface area contributed by atoms with E-state index in [1.807, 2.05) is 13.8 Å². The predicted octanol–water partition coefficient (Wildman–Crippen LogP) is 0.151. The number of rotatable bonds is 4. The molecule has 5 heteroatoms. The molecule has 0 spiro atoms. The fraction of sp³-hybridized carbons (Fsp3) is 0.750. The van der Waals surface area contributed by atoms with Gasteiger partial charge in [0.1, 0.15) is 6.33 Å². The molecule has 13 heavy (non-hydrogen) atoms. The van der Waals surface area contributed by atoms with Crippen molar-refractivity contribution in [2.75, 3.05) is 6.61 Å². The molecule has 5 nitrogen and oxygen atoms in total. The smallest absolute Gasteiger partial charge is 0.343 e. The molecule has 0 aliphatic carbocycles. The van der Waals surface area contributed by atoms with Gasteiger partial charge in [-0.05, 0) is 12.3 Å².